The molecule has 1 aromatic heterocycles. The van der Waals surface area contributed by atoms with E-state index in [2.05, 4.69) is 0 Å². The number of furan rings is 1. The number of ether oxygens (including phenoxy) is 5. The van der Waals surface area contributed by atoms with Crippen LogP contribution in [0.2, 0.25) is 0 Å². The van der Waals surface area contributed by atoms with Crippen LogP contribution in [0.5, 0.6) is 28.7 Å². The largest absolute Gasteiger partial charge is 0.493 e. The second-order valence-electron chi connectivity index (χ2n) is 7.50. The van der Waals surface area contributed by atoms with Crippen LogP contribution in [0.4, 0.5) is 0 Å². The Morgan fingerprint density at radius 1 is 0.970 bits per heavy atom. The standard InChI is InChI=1S/C25H20O8/c1-28-19-10-13(11-20(29-2)25(19)30-3)9-18-23(27)14-6-7-17-22(24(14)33-18)15(12-21(26)32-17)16-5-4-8-31-16/h4-11,15H,12H2,1-3H3/b18-9-/t15-/m0/s1. The molecule has 5 rings (SSSR count). The Balaban J connectivity index is 1.59. The highest BCUT2D eigenvalue weighted by molar-refractivity contribution is 6.15. The van der Waals surface area contributed by atoms with Gasteiger partial charge in [0.1, 0.15) is 17.3 Å². The monoisotopic (exact) mass is 448 g/mol. The molecular weight excluding hydrogens is 428 g/mol. The van der Waals surface area contributed by atoms with E-state index in [9.17, 15) is 9.59 Å². The van der Waals surface area contributed by atoms with Gasteiger partial charge in [-0.2, -0.15) is 0 Å². The van der Waals surface area contributed by atoms with Gasteiger partial charge in [0, 0.05) is 5.56 Å². The van der Waals surface area contributed by atoms with Crippen LogP contribution in [0.25, 0.3) is 6.08 Å². The van der Waals surface area contributed by atoms with Gasteiger partial charge in [-0.25, -0.2) is 0 Å². The Labute approximate surface area is 189 Å². The highest BCUT2D eigenvalue weighted by atomic mass is 16.5. The van der Waals surface area contributed by atoms with Crippen LogP contribution in [-0.4, -0.2) is 33.1 Å². The number of methoxy groups -OCH3 is 3. The van der Waals surface area contributed by atoms with Crippen molar-refractivity contribution in [3.63, 3.8) is 0 Å². The van der Waals surface area contributed by atoms with Gasteiger partial charge in [0.15, 0.2) is 17.3 Å². The molecule has 0 radical (unpaired) electrons. The normalized spacial score (nSPS) is 17.8. The van der Waals surface area contributed by atoms with Gasteiger partial charge >= 0.3 is 5.97 Å². The van der Waals surface area contributed by atoms with E-state index in [4.69, 9.17) is 28.1 Å². The fourth-order valence-corrected chi connectivity index (χ4v) is 4.17. The van der Waals surface area contributed by atoms with E-state index in [-0.39, 0.29) is 23.9 Å². The van der Waals surface area contributed by atoms with Gasteiger partial charge in [-0.15, -0.1) is 0 Å². The molecule has 0 spiro atoms. The molecule has 0 aliphatic carbocycles. The number of carbonyl (C=O) groups excluding carboxylic acids is 2. The van der Waals surface area contributed by atoms with Crippen LogP contribution in [0.1, 0.15) is 39.6 Å². The van der Waals surface area contributed by atoms with Crippen LogP contribution < -0.4 is 23.7 Å². The van der Waals surface area contributed by atoms with Crippen molar-refractivity contribution < 1.29 is 37.7 Å². The minimum atomic E-state index is -0.417. The molecule has 8 heteroatoms. The molecule has 0 bridgehead atoms. The summed E-state index contributed by atoms with van der Waals surface area (Å²) in [4.78, 5) is 25.3. The fraction of sp³-hybridized carbons (Fsp3) is 0.200. The maximum Gasteiger partial charge on any atom is 0.312 e. The number of benzene rings is 2. The summed E-state index contributed by atoms with van der Waals surface area (Å²) in [5.41, 5.74) is 1.63. The Kier molecular flexibility index (Phi) is 5.05. The van der Waals surface area contributed by atoms with Crippen molar-refractivity contribution in [2.24, 2.45) is 0 Å². The molecule has 3 heterocycles. The van der Waals surface area contributed by atoms with E-state index in [1.54, 1.807) is 48.7 Å². The van der Waals surface area contributed by atoms with Crippen molar-refractivity contribution in [2.45, 2.75) is 12.3 Å². The van der Waals surface area contributed by atoms with Gasteiger partial charge < -0.3 is 28.1 Å². The molecule has 0 saturated carbocycles. The van der Waals surface area contributed by atoms with Crippen LogP contribution >= 0.6 is 0 Å². The highest BCUT2D eigenvalue weighted by Crippen LogP contribution is 2.49. The Morgan fingerprint density at radius 2 is 1.73 bits per heavy atom. The van der Waals surface area contributed by atoms with E-state index in [0.29, 0.717) is 51.2 Å². The summed E-state index contributed by atoms with van der Waals surface area (Å²) < 4.78 is 33.2. The maximum absolute atomic E-state index is 13.2. The summed E-state index contributed by atoms with van der Waals surface area (Å²) in [6, 6.07) is 10.2. The Bertz CT molecular complexity index is 1260. The molecular formula is C25H20O8. The van der Waals surface area contributed by atoms with Crippen LogP contribution in [-0.2, 0) is 4.79 Å². The van der Waals surface area contributed by atoms with E-state index in [0.717, 1.165) is 0 Å². The van der Waals surface area contributed by atoms with Crippen LogP contribution in [0, 0.1) is 0 Å². The molecule has 0 N–H and O–H groups in total. The zero-order chi connectivity index (χ0) is 23.1. The molecule has 1 atom stereocenters. The smallest absolute Gasteiger partial charge is 0.312 e. The van der Waals surface area contributed by atoms with Gasteiger partial charge in [-0.3, -0.25) is 9.59 Å². The molecule has 2 aromatic carbocycles. The first kappa shape index (κ1) is 20.7. The lowest BCUT2D eigenvalue weighted by atomic mass is 9.88. The maximum atomic E-state index is 13.2. The molecule has 8 nitrogen and oxygen atoms in total. The SMILES string of the molecule is COc1cc(/C=C2\Oc3c(ccc4c3[C@H](c3ccco3)CC(=O)O4)C2=O)cc(OC)c1OC. The van der Waals surface area contributed by atoms with Crippen molar-refractivity contribution in [2.75, 3.05) is 21.3 Å². The second kappa shape index (κ2) is 8.05. The van der Waals surface area contributed by atoms with Crippen LogP contribution in [0.15, 0.2) is 52.8 Å². The number of carbonyl (C=O) groups is 2. The lowest BCUT2D eigenvalue weighted by Gasteiger charge is -2.24. The third kappa shape index (κ3) is 3.40. The number of fused-ring (bicyclic) bond motifs is 3. The minimum absolute atomic E-state index is 0.0838. The van der Waals surface area contributed by atoms with Crippen molar-refractivity contribution in [3.8, 4) is 28.7 Å². The zero-order valence-corrected chi connectivity index (χ0v) is 18.2. The number of hydrogen-bond acceptors (Lipinski definition) is 8. The van der Waals surface area contributed by atoms with Gasteiger partial charge in [-0.05, 0) is 48.0 Å². The fourth-order valence-electron chi connectivity index (χ4n) is 4.17. The molecule has 0 amide bonds. The molecule has 2 aliphatic heterocycles. The third-order valence-electron chi connectivity index (χ3n) is 5.65. The number of ketones is 1. The molecule has 33 heavy (non-hydrogen) atoms. The predicted molar refractivity (Wildman–Crippen MR) is 116 cm³/mol. The number of esters is 1. The average molecular weight is 448 g/mol. The van der Waals surface area contributed by atoms with E-state index < -0.39 is 5.92 Å². The Hall–Kier alpha value is -4.20. The summed E-state index contributed by atoms with van der Waals surface area (Å²) in [5.74, 6) is 1.72. The minimum Gasteiger partial charge on any atom is -0.493 e. The molecule has 0 unspecified atom stereocenters. The van der Waals surface area contributed by atoms with E-state index in [1.807, 2.05) is 0 Å². The van der Waals surface area contributed by atoms with Crippen molar-refractivity contribution in [3.05, 3.63) is 70.9 Å². The first-order valence-electron chi connectivity index (χ1n) is 10.2. The van der Waals surface area contributed by atoms with Crippen LogP contribution in [0.3, 0.4) is 0 Å². The van der Waals surface area contributed by atoms with E-state index >= 15 is 0 Å². The molecule has 2 aliphatic rings. The van der Waals surface area contributed by atoms with Gasteiger partial charge in [0.05, 0.1) is 45.5 Å². The quantitative estimate of drug-likeness (QED) is 0.323. The van der Waals surface area contributed by atoms with E-state index in [1.165, 1.54) is 21.3 Å². The van der Waals surface area contributed by atoms with Crippen molar-refractivity contribution >= 4 is 17.8 Å². The van der Waals surface area contributed by atoms with Gasteiger partial charge in [-0.1, -0.05) is 0 Å². The Morgan fingerprint density at radius 3 is 2.36 bits per heavy atom. The predicted octanol–water partition coefficient (Wildman–Crippen LogP) is 4.36. The summed E-state index contributed by atoms with van der Waals surface area (Å²) in [6.07, 6.45) is 3.23. The second-order valence-corrected chi connectivity index (χ2v) is 7.50. The summed E-state index contributed by atoms with van der Waals surface area (Å²) in [5, 5.41) is 0. The molecule has 0 saturated heterocycles. The van der Waals surface area contributed by atoms with Crippen molar-refractivity contribution in [1.82, 2.24) is 0 Å². The third-order valence-corrected chi connectivity index (χ3v) is 5.65. The first-order chi connectivity index (χ1) is 16.0. The summed E-state index contributed by atoms with van der Waals surface area (Å²) in [6.45, 7) is 0. The highest BCUT2D eigenvalue weighted by Gasteiger charge is 2.39. The molecule has 3 aromatic rings. The number of allylic oxidation sites excluding steroid dienone is 1. The number of rotatable bonds is 5. The number of hydrogen-bond donors (Lipinski definition) is 0. The molecule has 168 valence electrons. The van der Waals surface area contributed by atoms with Crippen molar-refractivity contribution in [1.29, 1.82) is 0 Å². The summed E-state index contributed by atoms with van der Waals surface area (Å²) in [7, 11) is 4.55. The van der Waals surface area contributed by atoms with Gasteiger partial charge in [0.2, 0.25) is 11.5 Å². The van der Waals surface area contributed by atoms with Gasteiger partial charge in [0.25, 0.3) is 0 Å². The average Bonchev–Trinajstić information content (AvgIpc) is 3.46. The number of Topliss-reactive ketones (excluding diaryl/α,β-unsaturated/α-hetero) is 1. The topological polar surface area (TPSA) is 93.4 Å². The lowest BCUT2D eigenvalue weighted by Crippen LogP contribution is -2.21. The summed E-state index contributed by atoms with van der Waals surface area (Å²) >= 11 is 0. The zero-order valence-electron chi connectivity index (χ0n) is 18.2. The first-order valence-corrected chi connectivity index (χ1v) is 10.2. The lowest BCUT2D eigenvalue weighted by molar-refractivity contribution is -0.135. The molecule has 0 fully saturated rings.